The van der Waals surface area contributed by atoms with E-state index in [1.54, 1.807) is 56.4 Å². The molecule has 0 spiro atoms. The number of anilines is 1. The van der Waals surface area contributed by atoms with Crippen LogP contribution >= 0.6 is 0 Å². The quantitative estimate of drug-likeness (QED) is 0.0835. The number of pyridine rings is 1. The molecule has 13 nitrogen and oxygen atoms in total. The van der Waals surface area contributed by atoms with Crippen molar-refractivity contribution in [1.82, 2.24) is 20.5 Å². The molecule has 1 aromatic carbocycles. The second kappa shape index (κ2) is 15.3. The van der Waals surface area contributed by atoms with Crippen LogP contribution in [0.3, 0.4) is 0 Å². The highest BCUT2D eigenvalue weighted by atomic mass is 16.5. The maximum Gasteiger partial charge on any atom is 0.269 e. The molecule has 0 bridgehead atoms. The van der Waals surface area contributed by atoms with E-state index < -0.39 is 5.91 Å². The number of carbonyl (C=O) groups is 2. The molecule has 0 atom stereocenters. The van der Waals surface area contributed by atoms with Crippen molar-refractivity contribution in [3.8, 4) is 16.9 Å². The molecular weight excluding hydrogens is 574 g/mol. The van der Waals surface area contributed by atoms with Crippen LogP contribution in [0.4, 0.5) is 5.69 Å². The van der Waals surface area contributed by atoms with E-state index in [-0.39, 0.29) is 34.7 Å². The maximum atomic E-state index is 12.4. The number of amides is 2. The Hall–Kier alpha value is -5.55. The molecule has 2 amide bonds. The summed E-state index contributed by atoms with van der Waals surface area (Å²) in [5, 5.41) is 8.24. The van der Waals surface area contributed by atoms with E-state index in [2.05, 4.69) is 25.9 Å². The van der Waals surface area contributed by atoms with E-state index in [1.165, 1.54) is 20.2 Å². The number of carbonyl (C=O) groups excluding carboxylic acids is 3. The Bertz CT molecular complexity index is 1610. The lowest BCUT2D eigenvalue weighted by atomic mass is 10.0. The molecule has 3 rings (SSSR count). The number of allylic oxidation sites excluding steroid dienone is 2. The van der Waals surface area contributed by atoms with Crippen LogP contribution in [0.1, 0.15) is 32.4 Å². The third-order valence-corrected chi connectivity index (χ3v) is 7.20. The van der Waals surface area contributed by atoms with Crippen molar-refractivity contribution in [2.75, 3.05) is 40.1 Å². The van der Waals surface area contributed by atoms with Crippen molar-refractivity contribution in [3.63, 3.8) is 0 Å². The van der Waals surface area contributed by atoms with Crippen LogP contribution in [-0.4, -0.2) is 68.1 Å². The monoisotopic (exact) mass is 615 g/mol. The number of methoxy groups -OCH3 is 1. The minimum Gasteiger partial charge on any atom is -0.494 e. The molecule has 0 aliphatic heterocycles. The van der Waals surface area contributed by atoms with Gasteiger partial charge in [-0.3, -0.25) is 19.6 Å². The molecule has 0 unspecified atom stereocenters. The topological polar surface area (TPSA) is 203 Å². The first-order chi connectivity index (χ1) is 21.4. The molecule has 45 heavy (non-hydrogen) atoms. The average molecular weight is 616 g/mol. The Labute approximate surface area is 263 Å². The summed E-state index contributed by atoms with van der Waals surface area (Å²) in [5.41, 5.74) is 23.0. The average Bonchev–Trinajstić information content (AvgIpc) is 3.88. The fourth-order valence-corrected chi connectivity index (χ4v) is 4.44. The lowest BCUT2D eigenvalue weighted by Gasteiger charge is -2.22. The highest BCUT2D eigenvalue weighted by Crippen LogP contribution is 2.37. The number of aromatic nitrogens is 1. The van der Waals surface area contributed by atoms with Crippen LogP contribution < -0.4 is 37.9 Å². The molecule has 1 aliphatic carbocycles. The summed E-state index contributed by atoms with van der Waals surface area (Å²) in [6.45, 7) is 3.99. The van der Waals surface area contributed by atoms with Crippen LogP contribution in [0.15, 0.2) is 76.1 Å². The van der Waals surface area contributed by atoms with Crippen molar-refractivity contribution in [3.05, 3.63) is 76.8 Å². The standard InChI is InChI=1S/C32H41N9O4/c1-18(33)23(19(2)36-3)16-41(5)27(17-42)24-13-12-21(15-38-24)22-8-7-9-25(30(22)45-6)39-26(29(35)32(44)37-4)14-28(34)40-31(43)20-10-11-20/h7-9,12-15,20,39H,10-11,16,33-35H2,1-6H3,(H,37,44)(H,40,43)/b23-18-,28-14+,29-26+,36-19?. The SMILES string of the molecule is CN=C(C)/C(CN(C)C(=C=O)c1ccc(-c2cccc(NC(/C=C(\N)NC(=O)C3CC3)=C(/N)C(=O)NC)c2OC)cn1)=C(/C)N. The summed E-state index contributed by atoms with van der Waals surface area (Å²) in [6.07, 6.45) is 4.62. The predicted molar refractivity (Wildman–Crippen MR) is 176 cm³/mol. The van der Waals surface area contributed by atoms with Gasteiger partial charge in [-0.25, -0.2) is 4.79 Å². The molecule has 2 aromatic rings. The number of nitrogens with zero attached hydrogens (tertiary/aromatic N) is 3. The number of likely N-dealkylation sites (N-methyl/N-ethyl adjacent to an activating group) is 2. The van der Waals surface area contributed by atoms with Gasteiger partial charge in [0.05, 0.1) is 24.2 Å². The van der Waals surface area contributed by atoms with Crippen molar-refractivity contribution >= 4 is 34.9 Å². The zero-order valence-electron chi connectivity index (χ0n) is 26.4. The number of aliphatic imine (C=N–C) groups is 1. The second-order valence-electron chi connectivity index (χ2n) is 10.5. The number of rotatable bonds is 13. The number of benzene rings is 1. The number of nitrogens with two attached hydrogens (primary N) is 3. The van der Waals surface area contributed by atoms with E-state index in [1.807, 2.05) is 18.9 Å². The Morgan fingerprint density at radius 2 is 1.89 bits per heavy atom. The van der Waals surface area contributed by atoms with Gasteiger partial charge in [0.25, 0.3) is 5.91 Å². The highest BCUT2D eigenvalue weighted by molar-refractivity contribution is 5.99. The summed E-state index contributed by atoms with van der Waals surface area (Å²) < 4.78 is 5.76. The Balaban J connectivity index is 1.94. The fourth-order valence-electron chi connectivity index (χ4n) is 4.44. The van der Waals surface area contributed by atoms with E-state index >= 15 is 0 Å². The number of nitrogens with one attached hydrogen (secondary N) is 3. The van der Waals surface area contributed by atoms with Gasteiger partial charge in [0.1, 0.15) is 23.0 Å². The van der Waals surface area contributed by atoms with Gasteiger partial charge in [0.15, 0.2) is 5.94 Å². The first-order valence-corrected chi connectivity index (χ1v) is 14.2. The molecule has 9 N–H and O–H groups in total. The van der Waals surface area contributed by atoms with Gasteiger partial charge in [-0.15, -0.1) is 0 Å². The zero-order valence-corrected chi connectivity index (χ0v) is 26.4. The summed E-state index contributed by atoms with van der Waals surface area (Å²) >= 11 is 0. The molecule has 1 aliphatic rings. The fraction of sp³-hybridized carbons (Fsp3) is 0.312. The smallest absolute Gasteiger partial charge is 0.269 e. The van der Waals surface area contributed by atoms with E-state index in [4.69, 9.17) is 21.9 Å². The predicted octanol–water partition coefficient (Wildman–Crippen LogP) is 1.84. The molecule has 1 fully saturated rings. The molecular formula is C32H41N9O4. The Morgan fingerprint density at radius 3 is 2.42 bits per heavy atom. The lowest BCUT2D eigenvalue weighted by molar-refractivity contribution is -0.121. The van der Waals surface area contributed by atoms with Gasteiger partial charge in [-0.05, 0) is 38.8 Å². The van der Waals surface area contributed by atoms with E-state index in [9.17, 15) is 14.4 Å². The Kier molecular flexibility index (Phi) is 11.5. The van der Waals surface area contributed by atoms with Crippen molar-refractivity contribution in [2.45, 2.75) is 26.7 Å². The summed E-state index contributed by atoms with van der Waals surface area (Å²) in [5.74, 6) is 1.65. The van der Waals surface area contributed by atoms with Crippen molar-refractivity contribution < 1.29 is 19.1 Å². The van der Waals surface area contributed by atoms with Crippen LogP contribution in [0.25, 0.3) is 16.8 Å². The van der Waals surface area contributed by atoms with Crippen molar-refractivity contribution in [1.29, 1.82) is 0 Å². The Morgan fingerprint density at radius 1 is 1.18 bits per heavy atom. The first-order valence-electron chi connectivity index (χ1n) is 14.2. The van der Waals surface area contributed by atoms with E-state index in [0.29, 0.717) is 40.5 Å². The van der Waals surface area contributed by atoms with Crippen LogP contribution in [-0.2, 0) is 14.4 Å². The molecule has 13 heteroatoms. The van der Waals surface area contributed by atoms with Gasteiger partial charge in [0.2, 0.25) is 5.91 Å². The van der Waals surface area contributed by atoms with Gasteiger partial charge in [-0.2, -0.15) is 0 Å². The molecule has 1 saturated carbocycles. The maximum absolute atomic E-state index is 12.4. The molecule has 0 saturated heterocycles. The molecule has 1 heterocycles. The first kappa shape index (κ1) is 33.9. The second-order valence-corrected chi connectivity index (χ2v) is 10.5. The molecule has 1 aromatic heterocycles. The third-order valence-electron chi connectivity index (χ3n) is 7.20. The minimum atomic E-state index is -0.546. The normalized spacial score (nSPS) is 14.4. The van der Waals surface area contributed by atoms with Crippen LogP contribution in [0.2, 0.25) is 0 Å². The van der Waals surface area contributed by atoms with Crippen LogP contribution in [0, 0.1) is 5.92 Å². The number of ether oxygens (including phenoxy) is 1. The molecule has 0 radical (unpaired) electrons. The molecule has 238 valence electrons. The number of para-hydroxylation sites is 1. The lowest BCUT2D eigenvalue weighted by Crippen LogP contribution is -2.31. The third kappa shape index (κ3) is 8.52. The van der Waals surface area contributed by atoms with Gasteiger partial charge < -0.3 is 42.8 Å². The number of hydrogen-bond donors (Lipinski definition) is 6. The summed E-state index contributed by atoms with van der Waals surface area (Å²) in [6, 6.07) is 8.88. The largest absolute Gasteiger partial charge is 0.494 e. The van der Waals surface area contributed by atoms with E-state index in [0.717, 1.165) is 24.1 Å². The van der Waals surface area contributed by atoms with Gasteiger partial charge in [0, 0.05) is 74.0 Å². The van der Waals surface area contributed by atoms with Gasteiger partial charge >= 0.3 is 0 Å². The van der Waals surface area contributed by atoms with Gasteiger partial charge in [-0.1, -0.05) is 18.2 Å². The number of hydrogen-bond acceptors (Lipinski definition) is 11. The highest BCUT2D eigenvalue weighted by Gasteiger charge is 2.29. The minimum absolute atomic E-state index is 0.0292. The van der Waals surface area contributed by atoms with Crippen LogP contribution in [0.5, 0.6) is 5.75 Å². The summed E-state index contributed by atoms with van der Waals surface area (Å²) in [7, 11) is 6.40. The zero-order chi connectivity index (χ0) is 33.3. The van der Waals surface area contributed by atoms with Crippen molar-refractivity contribution in [2.24, 2.45) is 28.1 Å². The summed E-state index contributed by atoms with van der Waals surface area (Å²) in [4.78, 5) is 47.1.